The van der Waals surface area contributed by atoms with Crippen molar-refractivity contribution in [1.29, 1.82) is 0 Å². The monoisotopic (exact) mass is 385 g/mol. The lowest BCUT2D eigenvalue weighted by Gasteiger charge is -2.34. The summed E-state index contributed by atoms with van der Waals surface area (Å²) < 4.78 is 46.6. The molecule has 1 fully saturated rings. The fourth-order valence-electron chi connectivity index (χ4n) is 3.21. The largest absolute Gasteiger partial charge is 0.370 e. The second-order valence-corrected chi connectivity index (χ2v) is 8.82. The molecule has 1 aliphatic heterocycles. The average molecular weight is 386 g/mol. The molecule has 0 spiro atoms. The third-order valence-electron chi connectivity index (χ3n) is 4.39. The summed E-state index contributed by atoms with van der Waals surface area (Å²) in [6.45, 7) is 4.91. The number of thiophene rings is 1. The summed E-state index contributed by atoms with van der Waals surface area (Å²) in [6.07, 6.45) is 0. The molecule has 25 heavy (non-hydrogen) atoms. The molecule has 1 aromatic heterocycles. The van der Waals surface area contributed by atoms with Gasteiger partial charge in [-0.2, -0.15) is 0 Å². The zero-order valence-corrected chi connectivity index (χ0v) is 15.6. The predicted molar refractivity (Wildman–Crippen MR) is 94.8 cm³/mol. The quantitative estimate of drug-likeness (QED) is 0.786. The third kappa shape index (κ3) is 4.45. The number of morpholine rings is 1. The Hall–Kier alpha value is -1.32. The van der Waals surface area contributed by atoms with E-state index in [1.807, 2.05) is 24.4 Å². The Morgan fingerprint density at radius 2 is 1.88 bits per heavy atom. The number of nitrogens with one attached hydrogen (secondary N) is 2. The first-order chi connectivity index (χ1) is 12.0. The fraction of sp³-hybridized carbons (Fsp3) is 0.412. The molecule has 1 aromatic carbocycles. The SMILES string of the molecule is C[C@H](NS(=O)(=O)c1ccc(F)cc1)[C@@H](c1cccs1)[NH+]1CCOCC1. The highest BCUT2D eigenvalue weighted by Gasteiger charge is 2.34. The van der Waals surface area contributed by atoms with Gasteiger partial charge in [0.1, 0.15) is 24.9 Å². The summed E-state index contributed by atoms with van der Waals surface area (Å²) in [5, 5.41) is 2.00. The zero-order chi connectivity index (χ0) is 17.9. The topological polar surface area (TPSA) is 59.8 Å². The first-order valence-corrected chi connectivity index (χ1v) is 10.6. The van der Waals surface area contributed by atoms with Crippen molar-refractivity contribution in [3.8, 4) is 0 Å². The van der Waals surface area contributed by atoms with Crippen LogP contribution in [-0.2, 0) is 14.8 Å². The summed E-state index contributed by atoms with van der Waals surface area (Å²) >= 11 is 1.63. The van der Waals surface area contributed by atoms with Crippen molar-refractivity contribution < 1.29 is 22.4 Å². The van der Waals surface area contributed by atoms with Crippen molar-refractivity contribution in [2.75, 3.05) is 26.3 Å². The molecule has 1 aliphatic rings. The molecule has 3 rings (SSSR count). The maximum atomic E-state index is 13.1. The van der Waals surface area contributed by atoms with Crippen LogP contribution in [0.2, 0.25) is 0 Å². The van der Waals surface area contributed by atoms with Crippen LogP contribution in [0.3, 0.4) is 0 Å². The van der Waals surface area contributed by atoms with Crippen LogP contribution in [0.15, 0.2) is 46.7 Å². The van der Waals surface area contributed by atoms with Crippen LogP contribution in [0.25, 0.3) is 0 Å². The minimum atomic E-state index is -3.71. The number of benzene rings is 1. The number of hydrogen-bond acceptors (Lipinski definition) is 4. The van der Waals surface area contributed by atoms with E-state index in [-0.39, 0.29) is 17.0 Å². The molecule has 5 nitrogen and oxygen atoms in total. The van der Waals surface area contributed by atoms with Gasteiger partial charge in [-0.25, -0.2) is 17.5 Å². The minimum Gasteiger partial charge on any atom is -0.370 e. The number of quaternary nitrogens is 1. The van der Waals surface area contributed by atoms with Gasteiger partial charge in [0.2, 0.25) is 10.0 Å². The number of hydrogen-bond donors (Lipinski definition) is 2. The maximum Gasteiger partial charge on any atom is 0.241 e. The second kappa shape index (κ2) is 7.92. The van der Waals surface area contributed by atoms with Gasteiger partial charge in [-0.05, 0) is 42.6 Å². The molecule has 136 valence electrons. The standard InChI is InChI=1S/C17H21FN2O3S2/c1-13(19-25(21,22)15-6-4-14(18)5-7-15)17(16-3-2-12-24-16)20-8-10-23-11-9-20/h2-7,12-13,17,19H,8-11H2,1H3/p+1/t13-,17-/m0/s1. The van der Waals surface area contributed by atoms with Crippen molar-refractivity contribution in [2.24, 2.45) is 0 Å². The molecule has 0 unspecified atom stereocenters. The molecule has 0 saturated carbocycles. The summed E-state index contributed by atoms with van der Waals surface area (Å²) in [6, 6.07) is 8.61. The number of halogens is 1. The van der Waals surface area contributed by atoms with Crippen molar-refractivity contribution >= 4 is 21.4 Å². The van der Waals surface area contributed by atoms with Crippen LogP contribution >= 0.6 is 11.3 Å². The van der Waals surface area contributed by atoms with E-state index in [9.17, 15) is 12.8 Å². The molecular weight excluding hydrogens is 363 g/mol. The second-order valence-electron chi connectivity index (χ2n) is 6.13. The van der Waals surface area contributed by atoms with Crippen molar-refractivity contribution in [1.82, 2.24) is 4.72 Å². The molecule has 2 heterocycles. The van der Waals surface area contributed by atoms with Crippen LogP contribution in [0.4, 0.5) is 4.39 Å². The Balaban J connectivity index is 1.82. The third-order valence-corrected chi connectivity index (χ3v) is 6.92. The summed E-state index contributed by atoms with van der Waals surface area (Å²) in [5.41, 5.74) is 0. The highest BCUT2D eigenvalue weighted by molar-refractivity contribution is 7.89. The van der Waals surface area contributed by atoms with E-state index in [0.29, 0.717) is 13.2 Å². The van der Waals surface area contributed by atoms with Gasteiger partial charge in [-0.3, -0.25) is 0 Å². The first-order valence-electron chi connectivity index (χ1n) is 8.21. The van der Waals surface area contributed by atoms with Gasteiger partial charge in [0.25, 0.3) is 0 Å². The van der Waals surface area contributed by atoms with E-state index in [2.05, 4.69) is 4.72 Å². The molecule has 0 bridgehead atoms. The molecule has 2 atom stereocenters. The number of rotatable bonds is 6. The van der Waals surface area contributed by atoms with E-state index in [1.165, 1.54) is 17.0 Å². The Labute approximate surface area is 151 Å². The van der Waals surface area contributed by atoms with Crippen LogP contribution in [0, 0.1) is 5.82 Å². The lowest BCUT2D eigenvalue weighted by molar-refractivity contribution is -0.939. The van der Waals surface area contributed by atoms with E-state index < -0.39 is 15.8 Å². The highest BCUT2D eigenvalue weighted by Crippen LogP contribution is 2.21. The van der Waals surface area contributed by atoms with Gasteiger partial charge in [0.15, 0.2) is 0 Å². The van der Waals surface area contributed by atoms with Crippen LogP contribution < -0.4 is 9.62 Å². The Morgan fingerprint density at radius 1 is 1.20 bits per heavy atom. The summed E-state index contributed by atoms with van der Waals surface area (Å²) in [7, 11) is -3.71. The predicted octanol–water partition coefficient (Wildman–Crippen LogP) is 1.21. The maximum absolute atomic E-state index is 13.1. The fourth-order valence-corrected chi connectivity index (χ4v) is 5.45. The van der Waals surface area contributed by atoms with Crippen molar-refractivity contribution in [3.05, 3.63) is 52.5 Å². The Kier molecular flexibility index (Phi) is 5.85. The van der Waals surface area contributed by atoms with Gasteiger partial charge >= 0.3 is 0 Å². The van der Waals surface area contributed by atoms with E-state index in [0.717, 1.165) is 30.1 Å². The molecule has 8 heteroatoms. The average Bonchev–Trinajstić information content (AvgIpc) is 3.10. The van der Waals surface area contributed by atoms with Crippen molar-refractivity contribution in [3.63, 3.8) is 0 Å². The Bertz CT molecular complexity index is 773. The van der Waals surface area contributed by atoms with Gasteiger partial charge in [-0.15, -0.1) is 11.3 Å². The zero-order valence-electron chi connectivity index (χ0n) is 13.9. The van der Waals surface area contributed by atoms with Gasteiger partial charge in [0, 0.05) is 0 Å². The smallest absolute Gasteiger partial charge is 0.241 e. The first kappa shape index (κ1) is 18.5. The van der Waals surface area contributed by atoms with Crippen LogP contribution in [-0.4, -0.2) is 40.8 Å². The molecular formula is C17H22FN2O3S2+. The summed E-state index contributed by atoms with van der Waals surface area (Å²) in [5.74, 6) is -0.457. The van der Waals surface area contributed by atoms with Crippen LogP contribution in [0.5, 0.6) is 0 Å². The van der Waals surface area contributed by atoms with E-state index in [4.69, 9.17) is 4.74 Å². The minimum absolute atomic E-state index is 0.0131. The number of ether oxygens (including phenoxy) is 1. The summed E-state index contributed by atoms with van der Waals surface area (Å²) in [4.78, 5) is 2.52. The van der Waals surface area contributed by atoms with Crippen molar-refractivity contribution in [2.45, 2.75) is 23.9 Å². The Morgan fingerprint density at radius 3 is 2.48 bits per heavy atom. The molecule has 2 aromatic rings. The highest BCUT2D eigenvalue weighted by atomic mass is 32.2. The molecule has 1 saturated heterocycles. The number of sulfonamides is 1. The molecule has 0 aliphatic carbocycles. The lowest BCUT2D eigenvalue weighted by Crippen LogP contribution is -3.15. The molecule has 0 radical (unpaired) electrons. The van der Waals surface area contributed by atoms with Gasteiger partial charge in [0.05, 0.1) is 29.0 Å². The molecule has 0 amide bonds. The lowest BCUT2D eigenvalue weighted by atomic mass is 10.1. The normalized spacial score (nSPS) is 18.8. The van der Waals surface area contributed by atoms with Gasteiger partial charge < -0.3 is 9.64 Å². The van der Waals surface area contributed by atoms with Gasteiger partial charge in [-0.1, -0.05) is 6.07 Å². The molecule has 2 N–H and O–H groups in total. The van der Waals surface area contributed by atoms with Crippen LogP contribution in [0.1, 0.15) is 17.8 Å². The van der Waals surface area contributed by atoms with E-state index in [1.54, 1.807) is 11.3 Å². The van der Waals surface area contributed by atoms with E-state index >= 15 is 0 Å².